The van der Waals surface area contributed by atoms with Crippen LogP contribution in [0.3, 0.4) is 0 Å². The summed E-state index contributed by atoms with van der Waals surface area (Å²) in [5.41, 5.74) is 0.574. The third-order valence-corrected chi connectivity index (χ3v) is 5.15. The minimum absolute atomic E-state index is 0.574. The van der Waals surface area contributed by atoms with Crippen molar-refractivity contribution in [2.45, 2.75) is 52.8 Å². The lowest BCUT2D eigenvalue weighted by Crippen LogP contribution is -2.30. The van der Waals surface area contributed by atoms with Crippen LogP contribution in [0, 0.1) is 5.41 Å². The van der Waals surface area contributed by atoms with Crippen molar-refractivity contribution in [2.24, 2.45) is 5.41 Å². The zero-order chi connectivity index (χ0) is 9.41. The molecule has 0 saturated carbocycles. The number of hydrogen-bond acceptors (Lipinski definition) is 0. The van der Waals surface area contributed by atoms with Gasteiger partial charge in [-0.25, -0.2) is 0 Å². The van der Waals surface area contributed by atoms with E-state index >= 15 is 0 Å². The summed E-state index contributed by atoms with van der Waals surface area (Å²) in [6, 6.07) is 0. The second-order valence-corrected chi connectivity index (χ2v) is 11.0. The highest BCUT2D eigenvalue weighted by Gasteiger charge is 2.29. The smallest absolute Gasteiger partial charge is 0.0720 e. The van der Waals surface area contributed by atoms with Gasteiger partial charge in [0.2, 0.25) is 0 Å². The molecule has 0 N–H and O–H groups in total. The molecule has 1 rings (SSSR count). The van der Waals surface area contributed by atoms with Gasteiger partial charge in [-0.2, -0.15) is 0 Å². The Morgan fingerprint density at radius 3 is 2.17 bits per heavy atom. The van der Waals surface area contributed by atoms with Crippen molar-refractivity contribution in [1.29, 1.82) is 0 Å². The van der Waals surface area contributed by atoms with Crippen molar-refractivity contribution in [3.05, 3.63) is 11.3 Å². The van der Waals surface area contributed by atoms with Crippen molar-refractivity contribution in [3.8, 4) is 0 Å². The SMILES string of the molecule is CC1(C)CCC=C([Si](C)(C)C)C1. The van der Waals surface area contributed by atoms with E-state index < -0.39 is 8.07 Å². The van der Waals surface area contributed by atoms with Crippen LogP contribution in [-0.2, 0) is 0 Å². The van der Waals surface area contributed by atoms with E-state index in [9.17, 15) is 0 Å². The fourth-order valence-corrected chi connectivity index (χ4v) is 3.65. The first-order chi connectivity index (χ1) is 5.31. The van der Waals surface area contributed by atoms with Gasteiger partial charge in [-0.3, -0.25) is 0 Å². The number of allylic oxidation sites excluding steroid dienone is 2. The van der Waals surface area contributed by atoms with Gasteiger partial charge in [0, 0.05) is 0 Å². The summed E-state index contributed by atoms with van der Waals surface area (Å²) < 4.78 is 0. The Kier molecular flexibility index (Phi) is 2.53. The standard InChI is InChI=1S/C11H22Si/c1-11(2)8-6-7-10(9-11)12(3,4)5/h7H,6,8-9H2,1-5H3. The zero-order valence-electron chi connectivity index (χ0n) is 9.20. The second-order valence-electron chi connectivity index (χ2n) is 5.86. The highest BCUT2D eigenvalue weighted by atomic mass is 28.3. The van der Waals surface area contributed by atoms with E-state index in [1.165, 1.54) is 19.3 Å². The molecule has 0 aromatic heterocycles. The normalized spacial score (nSPS) is 23.6. The summed E-state index contributed by atoms with van der Waals surface area (Å²) >= 11 is 0. The minimum atomic E-state index is -0.984. The topological polar surface area (TPSA) is 0 Å². The fraction of sp³-hybridized carbons (Fsp3) is 0.818. The van der Waals surface area contributed by atoms with Gasteiger partial charge in [-0.1, -0.05) is 44.8 Å². The first-order valence-corrected chi connectivity index (χ1v) is 8.51. The van der Waals surface area contributed by atoms with Gasteiger partial charge in [0.05, 0.1) is 8.07 Å². The van der Waals surface area contributed by atoms with E-state index in [1.54, 1.807) is 5.20 Å². The molecule has 1 aliphatic carbocycles. The van der Waals surface area contributed by atoms with Crippen molar-refractivity contribution in [1.82, 2.24) is 0 Å². The lowest BCUT2D eigenvalue weighted by atomic mass is 9.81. The van der Waals surface area contributed by atoms with Crippen LogP contribution in [0.1, 0.15) is 33.1 Å². The highest BCUT2D eigenvalue weighted by Crippen LogP contribution is 2.38. The van der Waals surface area contributed by atoms with Crippen LogP contribution < -0.4 is 0 Å². The molecule has 0 nitrogen and oxygen atoms in total. The van der Waals surface area contributed by atoms with Gasteiger partial charge in [0.25, 0.3) is 0 Å². The first kappa shape index (κ1) is 10.0. The van der Waals surface area contributed by atoms with Crippen LogP contribution in [0.25, 0.3) is 0 Å². The molecular formula is C11H22Si. The van der Waals surface area contributed by atoms with Crippen LogP contribution in [0.15, 0.2) is 11.3 Å². The van der Waals surface area contributed by atoms with Crippen LogP contribution in [0.2, 0.25) is 19.6 Å². The largest absolute Gasteiger partial charge is 0.0891 e. The van der Waals surface area contributed by atoms with Gasteiger partial charge in [0.15, 0.2) is 0 Å². The highest BCUT2D eigenvalue weighted by molar-refractivity contribution is 6.83. The van der Waals surface area contributed by atoms with Crippen LogP contribution >= 0.6 is 0 Å². The van der Waals surface area contributed by atoms with E-state index in [0.29, 0.717) is 5.41 Å². The Balaban J connectivity index is 2.75. The molecule has 70 valence electrons. The van der Waals surface area contributed by atoms with Gasteiger partial charge >= 0.3 is 0 Å². The lowest BCUT2D eigenvalue weighted by Gasteiger charge is -2.34. The molecule has 12 heavy (non-hydrogen) atoms. The van der Waals surface area contributed by atoms with Gasteiger partial charge in [-0.15, -0.1) is 0 Å². The van der Waals surface area contributed by atoms with E-state index in [-0.39, 0.29) is 0 Å². The average molecular weight is 182 g/mol. The predicted octanol–water partition coefficient (Wildman–Crippen LogP) is 4.00. The molecular weight excluding hydrogens is 160 g/mol. The Morgan fingerprint density at radius 1 is 1.25 bits per heavy atom. The van der Waals surface area contributed by atoms with E-state index in [0.717, 1.165) is 0 Å². The molecule has 1 heteroatoms. The Labute approximate surface area is 78.1 Å². The summed E-state index contributed by atoms with van der Waals surface area (Å²) in [5, 5.41) is 1.79. The number of hydrogen-bond donors (Lipinski definition) is 0. The maximum Gasteiger partial charge on any atom is 0.0720 e. The second kappa shape index (κ2) is 3.02. The quantitative estimate of drug-likeness (QED) is 0.538. The monoisotopic (exact) mass is 182 g/mol. The molecule has 0 spiro atoms. The van der Waals surface area contributed by atoms with Crippen LogP contribution in [0.5, 0.6) is 0 Å². The van der Waals surface area contributed by atoms with Crippen molar-refractivity contribution < 1.29 is 0 Å². The van der Waals surface area contributed by atoms with E-state index in [1.807, 2.05) is 0 Å². The summed E-state index contributed by atoms with van der Waals surface area (Å²) in [6.07, 6.45) is 6.55. The lowest BCUT2D eigenvalue weighted by molar-refractivity contribution is 0.326. The number of rotatable bonds is 1. The van der Waals surface area contributed by atoms with Gasteiger partial charge < -0.3 is 0 Å². The summed E-state index contributed by atoms with van der Waals surface area (Å²) in [5.74, 6) is 0. The molecule has 0 heterocycles. The molecule has 0 atom stereocenters. The third kappa shape index (κ3) is 2.48. The average Bonchev–Trinajstić information content (AvgIpc) is 1.83. The van der Waals surface area contributed by atoms with Crippen molar-refractivity contribution in [2.75, 3.05) is 0 Å². The van der Waals surface area contributed by atoms with Crippen LogP contribution in [0.4, 0.5) is 0 Å². The minimum Gasteiger partial charge on any atom is -0.0891 e. The van der Waals surface area contributed by atoms with E-state index in [2.05, 4.69) is 39.6 Å². The van der Waals surface area contributed by atoms with Gasteiger partial charge in [0.1, 0.15) is 0 Å². The molecule has 0 radical (unpaired) electrons. The molecule has 0 aliphatic heterocycles. The molecule has 0 aromatic carbocycles. The first-order valence-electron chi connectivity index (χ1n) is 5.01. The summed E-state index contributed by atoms with van der Waals surface area (Å²) in [6.45, 7) is 12.2. The van der Waals surface area contributed by atoms with Crippen LogP contribution in [-0.4, -0.2) is 8.07 Å². The zero-order valence-corrected chi connectivity index (χ0v) is 10.2. The maximum atomic E-state index is 2.51. The molecule has 0 unspecified atom stereocenters. The third-order valence-electron chi connectivity index (χ3n) is 2.84. The Bertz CT molecular complexity index is 194. The van der Waals surface area contributed by atoms with E-state index in [4.69, 9.17) is 0 Å². The Hall–Kier alpha value is -0.0431. The molecule has 0 bridgehead atoms. The summed E-state index contributed by atoms with van der Waals surface area (Å²) in [7, 11) is -0.984. The molecule has 0 amide bonds. The van der Waals surface area contributed by atoms with Crippen molar-refractivity contribution >= 4 is 8.07 Å². The molecule has 0 saturated heterocycles. The van der Waals surface area contributed by atoms with Gasteiger partial charge in [-0.05, 0) is 24.7 Å². The fourth-order valence-electron chi connectivity index (χ4n) is 1.88. The molecule has 0 fully saturated rings. The van der Waals surface area contributed by atoms with Crippen molar-refractivity contribution in [3.63, 3.8) is 0 Å². The Morgan fingerprint density at radius 2 is 1.83 bits per heavy atom. The molecule has 1 aliphatic rings. The summed E-state index contributed by atoms with van der Waals surface area (Å²) in [4.78, 5) is 0. The molecule has 0 aromatic rings. The maximum absolute atomic E-state index is 2.51. The predicted molar refractivity (Wildman–Crippen MR) is 59.1 cm³/mol.